The molecule has 3 amide bonds. The number of nitrogens with zero attached hydrogens (tertiary/aromatic N) is 3. The minimum Gasteiger partial charge on any atom is -0.446 e. The summed E-state index contributed by atoms with van der Waals surface area (Å²) in [5.41, 5.74) is 1.56. The first kappa shape index (κ1) is 33.4. The van der Waals surface area contributed by atoms with E-state index in [1.54, 1.807) is 6.20 Å². The molecule has 2 aliphatic heterocycles. The van der Waals surface area contributed by atoms with Gasteiger partial charge in [-0.15, -0.1) is 0 Å². The Kier molecular flexibility index (Phi) is 9.82. The molecule has 0 radical (unpaired) electrons. The van der Waals surface area contributed by atoms with Crippen LogP contribution in [0.1, 0.15) is 76.7 Å². The van der Waals surface area contributed by atoms with Crippen molar-refractivity contribution < 1.29 is 23.9 Å². The number of amides is 3. The van der Waals surface area contributed by atoms with Crippen molar-refractivity contribution in [3.63, 3.8) is 0 Å². The molecule has 7 rings (SSSR count). The van der Waals surface area contributed by atoms with E-state index in [2.05, 4.69) is 21.8 Å². The number of hydrogen-bond acceptors (Lipinski definition) is 9. The van der Waals surface area contributed by atoms with Gasteiger partial charge >= 0.3 is 6.09 Å². The molecule has 258 valence electrons. The van der Waals surface area contributed by atoms with Crippen LogP contribution >= 0.6 is 22.7 Å². The molecule has 5 atom stereocenters. The highest BCUT2D eigenvalue weighted by molar-refractivity contribution is 7.08. The first-order valence-electron chi connectivity index (χ1n) is 17.3. The number of fused-ring (bicyclic) bond motifs is 2. The maximum atomic E-state index is 14.4. The third-order valence-electron chi connectivity index (χ3n) is 10.4. The van der Waals surface area contributed by atoms with Crippen molar-refractivity contribution in [2.45, 2.75) is 100 Å². The number of hydrogen-bond donors (Lipinski definition) is 2. The van der Waals surface area contributed by atoms with Gasteiger partial charge in [0.15, 0.2) is 0 Å². The van der Waals surface area contributed by atoms with Crippen LogP contribution in [0.15, 0.2) is 56.8 Å². The molecule has 2 saturated carbocycles. The number of rotatable bonds is 6. The Balaban J connectivity index is 1.22. The molecule has 3 fully saturated rings. The Morgan fingerprint density at radius 1 is 1.02 bits per heavy atom. The van der Waals surface area contributed by atoms with E-state index in [1.165, 1.54) is 32.3 Å². The van der Waals surface area contributed by atoms with Gasteiger partial charge in [-0.3, -0.25) is 14.4 Å². The SMILES string of the molecule is O=CC12C[C@H]1/C=C\CCCCC[C@@H](NC(=O)OC1CCCC1)C(=O)N1C[C@H](n3ncc(-c4ccsc4)c(-c4ccsc4)c3=O)C[C@H]1C(=O)N2. The van der Waals surface area contributed by atoms with E-state index in [4.69, 9.17) is 4.74 Å². The largest absolute Gasteiger partial charge is 0.446 e. The summed E-state index contributed by atoms with van der Waals surface area (Å²) >= 11 is 3.02. The van der Waals surface area contributed by atoms with Gasteiger partial charge in [-0.1, -0.05) is 25.0 Å². The Morgan fingerprint density at radius 3 is 2.51 bits per heavy atom. The number of allylic oxidation sites excluding steroid dienone is 1. The fourth-order valence-electron chi connectivity index (χ4n) is 7.54. The van der Waals surface area contributed by atoms with Gasteiger partial charge in [-0.2, -0.15) is 27.8 Å². The predicted molar refractivity (Wildman–Crippen MR) is 187 cm³/mol. The van der Waals surface area contributed by atoms with Crippen LogP contribution in [0, 0.1) is 5.92 Å². The zero-order valence-corrected chi connectivity index (χ0v) is 28.9. The molecule has 13 heteroatoms. The number of carbonyl (C=O) groups excluding carboxylic acids is 4. The van der Waals surface area contributed by atoms with Crippen molar-refractivity contribution in [3.05, 3.63) is 62.4 Å². The summed E-state index contributed by atoms with van der Waals surface area (Å²) in [7, 11) is 0. The molecule has 2 N–H and O–H groups in total. The zero-order chi connectivity index (χ0) is 34.0. The molecule has 3 aromatic rings. The van der Waals surface area contributed by atoms with Gasteiger partial charge in [0.2, 0.25) is 11.8 Å². The molecule has 0 aromatic carbocycles. The van der Waals surface area contributed by atoms with Gasteiger partial charge in [0.1, 0.15) is 30.0 Å². The number of ether oxygens (including phenoxy) is 1. The number of nitrogens with one attached hydrogen (secondary N) is 2. The summed E-state index contributed by atoms with van der Waals surface area (Å²) in [6, 6.07) is 1.34. The van der Waals surface area contributed by atoms with Crippen LogP contribution in [0.25, 0.3) is 22.3 Å². The van der Waals surface area contributed by atoms with Crippen LogP contribution in [0.2, 0.25) is 0 Å². The third-order valence-corrected chi connectivity index (χ3v) is 11.7. The summed E-state index contributed by atoms with van der Waals surface area (Å²) < 4.78 is 7.06. The van der Waals surface area contributed by atoms with Crippen LogP contribution in [-0.4, -0.2) is 69.1 Å². The Bertz CT molecular complexity index is 1770. The van der Waals surface area contributed by atoms with E-state index in [0.717, 1.165) is 62.4 Å². The molecule has 5 heterocycles. The van der Waals surface area contributed by atoms with Crippen LogP contribution in [-0.2, 0) is 19.1 Å². The standard InChI is InChI=1S/C36H41N5O6S2/c42-22-36-17-25(36)8-4-2-1-3-5-11-29(38-35(46)47-27-9-6-7-10-27)33(44)40-19-26(16-30(40)32(43)39-36)41-34(45)31(24-13-15-49-21-24)28(18-37-41)23-12-14-48-20-23/h4,8,12-15,18,20-22,25-27,29-30H,1-3,5-7,9-11,16-17,19H2,(H,38,46)(H,39,43)/b8-4-/t25-,26-,29-,30+,36?/m1/s1. The first-order chi connectivity index (χ1) is 23.9. The summed E-state index contributed by atoms with van der Waals surface area (Å²) in [4.78, 5) is 69.6. The smallest absolute Gasteiger partial charge is 0.408 e. The first-order valence-corrected chi connectivity index (χ1v) is 19.1. The Labute approximate surface area is 292 Å². The second kappa shape index (κ2) is 14.4. The molecular weight excluding hydrogens is 663 g/mol. The maximum Gasteiger partial charge on any atom is 0.408 e. The molecule has 1 saturated heterocycles. The number of alkyl carbamates (subject to hydrolysis) is 1. The van der Waals surface area contributed by atoms with E-state index in [0.29, 0.717) is 30.4 Å². The van der Waals surface area contributed by atoms with Crippen molar-refractivity contribution in [2.75, 3.05) is 6.54 Å². The van der Waals surface area contributed by atoms with E-state index < -0.39 is 41.6 Å². The van der Waals surface area contributed by atoms with Crippen molar-refractivity contribution >= 4 is 46.9 Å². The molecule has 49 heavy (non-hydrogen) atoms. The summed E-state index contributed by atoms with van der Waals surface area (Å²) in [6.07, 6.45) is 13.6. The van der Waals surface area contributed by atoms with Gasteiger partial charge in [0.25, 0.3) is 5.56 Å². The highest BCUT2D eigenvalue weighted by Gasteiger charge is 2.56. The van der Waals surface area contributed by atoms with E-state index >= 15 is 0 Å². The van der Waals surface area contributed by atoms with Gasteiger partial charge < -0.3 is 25.1 Å². The molecule has 1 unspecified atom stereocenters. The summed E-state index contributed by atoms with van der Waals surface area (Å²) in [5.74, 6) is -0.975. The number of aromatic nitrogens is 2. The lowest BCUT2D eigenvalue weighted by molar-refractivity contribution is -0.140. The molecular formula is C36H41N5O6S2. The lowest BCUT2D eigenvalue weighted by Crippen LogP contribution is -2.55. The Morgan fingerprint density at radius 2 is 1.78 bits per heavy atom. The normalized spacial score (nSPS) is 28.4. The maximum absolute atomic E-state index is 14.4. The lowest BCUT2D eigenvalue weighted by Gasteiger charge is -2.29. The highest BCUT2D eigenvalue weighted by Crippen LogP contribution is 2.44. The fourth-order valence-corrected chi connectivity index (χ4v) is 8.84. The second-order valence-electron chi connectivity index (χ2n) is 13.6. The lowest BCUT2D eigenvalue weighted by atomic mass is 10.0. The summed E-state index contributed by atoms with van der Waals surface area (Å²) in [5, 5.41) is 18.2. The quantitative estimate of drug-likeness (QED) is 0.256. The van der Waals surface area contributed by atoms with Crippen molar-refractivity contribution in [2.24, 2.45) is 5.92 Å². The van der Waals surface area contributed by atoms with E-state index in [1.807, 2.05) is 39.7 Å². The summed E-state index contributed by atoms with van der Waals surface area (Å²) in [6.45, 7) is 0.0397. The van der Waals surface area contributed by atoms with Crippen molar-refractivity contribution in [1.29, 1.82) is 0 Å². The molecule has 3 aromatic heterocycles. The van der Waals surface area contributed by atoms with E-state index in [-0.39, 0.29) is 30.5 Å². The number of thiophene rings is 2. The number of aldehydes is 1. The van der Waals surface area contributed by atoms with Crippen molar-refractivity contribution in [1.82, 2.24) is 25.3 Å². The molecule has 11 nitrogen and oxygen atoms in total. The predicted octanol–water partition coefficient (Wildman–Crippen LogP) is 5.47. The van der Waals surface area contributed by atoms with Gasteiger partial charge in [-0.05, 0) is 96.1 Å². The van der Waals surface area contributed by atoms with Gasteiger partial charge in [0, 0.05) is 24.4 Å². The number of carbonyl (C=O) groups is 4. The van der Waals surface area contributed by atoms with Gasteiger partial charge in [-0.25, -0.2) is 9.48 Å². The van der Waals surface area contributed by atoms with E-state index in [9.17, 15) is 24.0 Å². The average Bonchev–Trinajstić information content (AvgIpc) is 3.79. The fraction of sp³-hybridized carbons (Fsp3) is 0.500. The van der Waals surface area contributed by atoms with Crippen LogP contribution < -0.4 is 16.2 Å². The minimum absolute atomic E-state index is 0.0397. The topological polar surface area (TPSA) is 140 Å². The minimum atomic E-state index is -1.02. The average molecular weight is 704 g/mol. The molecule has 4 aliphatic rings. The Hall–Kier alpha value is -4.10. The molecule has 0 spiro atoms. The molecule has 0 bridgehead atoms. The van der Waals surface area contributed by atoms with Gasteiger partial charge in [0.05, 0.1) is 17.8 Å². The van der Waals surface area contributed by atoms with Crippen LogP contribution in [0.3, 0.4) is 0 Å². The van der Waals surface area contributed by atoms with Crippen LogP contribution in [0.5, 0.6) is 0 Å². The second-order valence-corrected chi connectivity index (χ2v) is 15.2. The third kappa shape index (κ3) is 7.00. The molecule has 2 aliphatic carbocycles. The monoisotopic (exact) mass is 703 g/mol. The zero-order valence-electron chi connectivity index (χ0n) is 27.3. The van der Waals surface area contributed by atoms with Crippen LogP contribution in [0.4, 0.5) is 4.79 Å². The van der Waals surface area contributed by atoms with Crippen molar-refractivity contribution in [3.8, 4) is 22.3 Å². The highest BCUT2D eigenvalue weighted by atomic mass is 32.1.